The van der Waals surface area contributed by atoms with Crippen molar-refractivity contribution in [3.05, 3.63) is 51.1 Å². The predicted molar refractivity (Wildman–Crippen MR) is 107 cm³/mol. The van der Waals surface area contributed by atoms with Crippen LogP contribution in [0.5, 0.6) is 0 Å². The number of carbonyl (C=O) groups is 2. The number of hydrogen-bond acceptors (Lipinski definition) is 8. The standard InChI is InChI=1S/C22H25NO8/c1-21(11-24)8-3-9-22(2)14-10-30-20(27)15(14)16(25)17(18(21)22)31-19(26)12-4-6-13(7-5-12)23(28)29/h4-7,16-18,24-25H,3,8-11H2,1-2H3/t16-,17+,18-,21+,22+/m0/s1. The summed E-state index contributed by atoms with van der Waals surface area (Å²) in [5, 5.41) is 32.2. The molecule has 0 amide bonds. The monoisotopic (exact) mass is 431 g/mol. The molecule has 31 heavy (non-hydrogen) atoms. The Morgan fingerprint density at radius 3 is 2.58 bits per heavy atom. The minimum Gasteiger partial charge on any atom is -0.458 e. The Bertz CT molecular complexity index is 970. The van der Waals surface area contributed by atoms with E-state index < -0.39 is 45.8 Å². The molecule has 0 aromatic heterocycles. The van der Waals surface area contributed by atoms with Crippen LogP contribution in [-0.2, 0) is 14.3 Å². The van der Waals surface area contributed by atoms with Crippen LogP contribution in [-0.4, -0.2) is 52.5 Å². The minimum absolute atomic E-state index is 0.0861. The van der Waals surface area contributed by atoms with Gasteiger partial charge in [0.25, 0.3) is 5.69 Å². The number of benzene rings is 1. The highest BCUT2D eigenvalue weighted by Gasteiger charge is 2.62. The number of nitro groups is 1. The van der Waals surface area contributed by atoms with Crippen molar-refractivity contribution in [3.8, 4) is 0 Å². The second-order valence-electron chi connectivity index (χ2n) is 9.15. The van der Waals surface area contributed by atoms with Gasteiger partial charge in [0.2, 0.25) is 0 Å². The first-order chi connectivity index (χ1) is 14.6. The smallest absolute Gasteiger partial charge is 0.338 e. The van der Waals surface area contributed by atoms with Gasteiger partial charge in [0.05, 0.1) is 16.1 Å². The lowest BCUT2D eigenvalue weighted by molar-refractivity contribution is -0.384. The highest BCUT2D eigenvalue weighted by molar-refractivity contribution is 5.94. The lowest BCUT2D eigenvalue weighted by Crippen LogP contribution is -2.60. The number of nitro benzene ring substituents is 1. The number of ether oxygens (including phenoxy) is 2. The van der Waals surface area contributed by atoms with E-state index in [9.17, 15) is 29.9 Å². The second kappa shape index (κ2) is 7.42. The zero-order valence-corrected chi connectivity index (χ0v) is 17.4. The largest absolute Gasteiger partial charge is 0.458 e. The Morgan fingerprint density at radius 2 is 1.97 bits per heavy atom. The lowest BCUT2D eigenvalue weighted by atomic mass is 9.48. The van der Waals surface area contributed by atoms with Gasteiger partial charge >= 0.3 is 11.9 Å². The quantitative estimate of drug-likeness (QED) is 0.420. The van der Waals surface area contributed by atoms with E-state index in [1.807, 2.05) is 13.8 Å². The summed E-state index contributed by atoms with van der Waals surface area (Å²) in [6, 6.07) is 4.97. The molecule has 1 saturated carbocycles. The number of non-ortho nitro benzene ring substituents is 1. The summed E-state index contributed by atoms with van der Waals surface area (Å²) in [6.07, 6.45) is -0.252. The number of nitrogens with zero attached hydrogens (tertiary/aromatic N) is 1. The van der Waals surface area contributed by atoms with Crippen LogP contribution in [0.4, 0.5) is 5.69 Å². The van der Waals surface area contributed by atoms with Crippen molar-refractivity contribution in [3.63, 3.8) is 0 Å². The molecule has 3 aliphatic rings. The number of cyclic esters (lactones) is 1. The molecule has 4 rings (SSSR count). The van der Waals surface area contributed by atoms with E-state index in [0.717, 1.165) is 12.0 Å². The molecular weight excluding hydrogens is 406 g/mol. The SMILES string of the molecule is C[C@]1(CO)CCC[C@]2(C)C3=C(C(=O)OC3)[C@H](O)[C@@H](OC(=O)c3ccc([N+](=O)[O-])cc3)[C@@H]12. The third-order valence-electron chi connectivity index (χ3n) is 7.32. The summed E-state index contributed by atoms with van der Waals surface area (Å²) in [7, 11) is 0. The van der Waals surface area contributed by atoms with Crippen LogP contribution in [0.3, 0.4) is 0 Å². The van der Waals surface area contributed by atoms with Gasteiger partial charge in [-0.3, -0.25) is 10.1 Å². The van der Waals surface area contributed by atoms with Gasteiger partial charge in [0.15, 0.2) is 0 Å². The Labute approximate surface area is 178 Å². The summed E-state index contributed by atoms with van der Waals surface area (Å²) in [4.78, 5) is 35.6. The fourth-order valence-electron chi connectivity index (χ4n) is 5.79. The first-order valence-electron chi connectivity index (χ1n) is 10.3. The summed E-state index contributed by atoms with van der Waals surface area (Å²) in [5.74, 6) is -1.82. The van der Waals surface area contributed by atoms with E-state index in [-0.39, 0.29) is 30.0 Å². The van der Waals surface area contributed by atoms with Gasteiger partial charge in [-0.05, 0) is 41.4 Å². The van der Waals surface area contributed by atoms with E-state index in [0.29, 0.717) is 12.8 Å². The number of fused-ring (bicyclic) bond motifs is 2. The predicted octanol–water partition coefficient (Wildman–Crippen LogP) is 2.15. The van der Waals surface area contributed by atoms with Gasteiger partial charge in [-0.25, -0.2) is 9.59 Å². The van der Waals surface area contributed by atoms with Gasteiger partial charge in [0, 0.05) is 24.7 Å². The Balaban J connectivity index is 1.73. The maximum Gasteiger partial charge on any atom is 0.338 e. The Kier molecular flexibility index (Phi) is 5.13. The van der Waals surface area contributed by atoms with Crippen molar-refractivity contribution in [1.82, 2.24) is 0 Å². The molecule has 0 unspecified atom stereocenters. The second-order valence-corrected chi connectivity index (χ2v) is 9.15. The zero-order chi connectivity index (χ0) is 22.6. The van der Waals surface area contributed by atoms with E-state index in [4.69, 9.17) is 9.47 Å². The molecular formula is C22H25NO8. The molecule has 2 aliphatic carbocycles. The molecule has 1 aliphatic heterocycles. The Hall–Kier alpha value is -2.78. The average molecular weight is 431 g/mol. The van der Waals surface area contributed by atoms with Crippen molar-refractivity contribution >= 4 is 17.6 Å². The number of carbonyl (C=O) groups excluding carboxylic acids is 2. The van der Waals surface area contributed by atoms with Gasteiger partial charge < -0.3 is 19.7 Å². The van der Waals surface area contributed by atoms with E-state index in [2.05, 4.69) is 0 Å². The van der Waals surface area contributed by atoms with Crippen LogP contribution in [0, 0.1) is 26.9 Å². The van der Waals surface area contributed by atoms with Crippen LogP contribution in [0.25, 0.3) is 0 Å². The Morgan fingerprint density at radius 1 is 1.29 bits per heavy atom. The molecule has 9 heteroatoms. The van der Waals surface area contributed by atoms with Crippen LogP contribution in [0.15, 0.2) is 35.4 Å². The summed E-state index contributed by atoms with van der Waals surface area (Å²) >= 11 is 0. The highest BCUT2D eigenvalue weighted by Crippen LogP contribution is 2.61. The molecule has 1 aromatic rings. The van der Waals surface area contributed by atoms with Gasteiger partial charge in [-0.15, -0.1) is 0 Å². The van der Waals surface area contributed by atoms with Crippen molar-refractivity contribution < 1.29 is 34.2 Å². The van der Waals surface area contributed by atoms with Crippen molar-refractivity contribution in [1.29, 1.82) is 0 Å². The topological polar surface area (TPSA) is 136 Å². The fraction of sp³-hybridized carbons (Fsp3) is 0.545. The molecule has 0 spiro atoms. The normalized spacial score (nSPS) is 34.6. The number of esters is 2. The van der Waals surface area contributed by atoms with Crippen molar-refractivity contribution in [2.75, 3.05) is 13.2 Å². The fourth-order valence-corrected chi connectivity index (χ4v) is 5.79. The van der Waals surface area contributed by atoms with E-state index in [1.165, 1.54) is 24.3 Å². The number of rotatable bonds is 4. The number of hydrogen-bond donors (Lipinski definition) is 2. The molecule has 5 atom stereocenters. The third kappa shape index (κ3) is 3.23. The molecule has 1 heterocycles. The summed E-state index contributed by atoms with van der Waals surface area (Å²) in [6.45, 7) is 3.80. The maximum atomic E-state index is 12.9. The molecule has 1 aromatic carbocycles. The van der Waals surface area contributed by atoms with Crippen LogP contribution in [0.1, 0.15) is 43.5 Å². The molecule has 0 bridgehead atoms. The highest BCUT2D eigenvalue weighted by atomic mass is 16.6. The maximum absolute atomic E-state index is 12.9. The number of aliphatic hydroxyl groups excluding tert-OH is 2. The molecule has 1 fully saturated rings. The molecule has 0 radical (unpaired) electrons. The van der Waals surface area contributed by atoms with E-state index in [1.54, 1.807) is 0 Å². The van der Waals surface area contributed by atoms with Gasteiger partial charge in [0.1, 0.15) is 18.8 Å². The van der Waals surface area contributed by atoms with E-state index >= 15 is 0 Å². The third-order valence-corrected chi connectivity index (χ3v) is 7.32. The van der Waals surface area contributed by atoms with Crippen molar-refractivity contribution in [2.45, 2.75) is 45.3 Å². The molecule has 0 saturated heterocycles. The average Bonchev–Trinajstić information content (AvgIpc) is 3.14. The first kappa shape index (κ1) is 21.5. The van der Waals surface area contributed by atoms with Gasteiger partial charge in [-0.1, -0.05) is 20.3 Å². The molecule has 2 N–H and O–H groups in total. The minimum atomic E-state index is -1.38. The van der Waals surface area contributed by atoms with Crippen LogP contribution >= 0.6 is 0 Å². The van der Waals surface area contributed by atoms with Gasteiger partial charge in [-0.2, -0.15) is 0 Å². The van der Waals surface area contributed by atoms with Crippen molar-refractivity contribution in [2.24, 2.45) is 16.7 Å². The molecule has 166 valence electrons. The summed E-state index contributed by atoms with van der Waals surface area (Å²) < 4.78 is 11.0. The van der Waals surface area contributed by atoms with Crippen LogP contribution in [0.2, 0.25) is 0 Å². The number of aliphatic hydroxyl groups is 2. The van der Waals surface area contributed by atoms with Crippen LogP contribution < -0.4 is 0 Å². The first-order valence-corrected chi connectivity index (χ1v) is 10.3. The zero-order valence-electron chi connectivity index (χ0n) is 17.4. The lowest BCUT2D eigenvalue weighted by Gasteiger charge is -2.57. The molecule has 9 nitrogen and oxygen atoms in total. The summed E-state index contributed by atoms with van der Waals surface area (Å²) in [5.41, 5.74) is -0.435.